The van der Waals surface area contributed by atoms with Gasteiger partial charge >= 0.3 is 0 Å². The van der Waals surface area contributed by atoms with E-state index < -0.39 is 5.41 Å². The Balaban J connectivity index is 2.13. The summed E-state index contributed by atoms with van der Waals surface area (Å²) in [4.78, 5) is 14.9. The number of carbonyl (C=O) groups is 1. The monoisotopic (exact) mass is 240 g/mol. The first kappa shape index (κ1) is 11.8. The number of nitrogens with two attached hydrogens (primary N) is 1. The van der Waals surface area contributed by atoms with Crippen molar-refractivity contribution in [2.24, 2.45) is 17.1 Å². The highest BCUT2D eigenvalue weighted by Gasteiger charge is 2.55. The molecule has 0 aromatic carbocycles. The molecule has 1 heterocycles. The number of likely N-dealkylation sites (tertiary alicyclic amines) is 1. The van der Waals surface area contributed by atoms with E-state index in [1.807, 2.05) is 4.90 Å². The molecule has 1 amide bonds. The molecule has 0 spiro atoms. The van der Waals surface area contributed by atoms with Crippen molar-refractivity contribution in [1.82, 2.24) is 4.90 Å². The van der Waals surface area contributed by atoms with E-state index in [2.05, 4.69) is 13.8 Å². The Morgan fingerprint density at radius 3 is 2.56 bits per heavy atom. The van der Waals surface area contributed by atoms with Crippen molar-refractivity contribution in [2.45, 2.75) is 45.6 Å². The highest BCUT2D eigenvalue weighted by Crippen LogP contribution is 2.48. The normalized spacial score (nSPS) is 27.2. The van der Waals surface area contributed by atoms with Gasteiger partial charge in [-0.25, -0.2) is 0 Å². The molecule has 1 aliphatic heterocycles. The van der Waals surface area contributed by atoms with Crippen LogP contribution in [0.3, 0.4) is 0 Å². The quantitative estimate of drug-likeness (QED) is 0.764. The van der Waals surface area contributed by atoms with Gasteiger partial charge in [-0.2, -0.15) is 0 Å². The molecule has 1 aliphatic carbocycles. The third-order valence-electron chi connectivity index (χ3n) is 3.96. The molecule has 2 N–H and O–H groups in total. The molecule has 1 atom stereocenters. The second-order valence-electron chi connectivity index (χ2n) is 5.40. The molecule has 0 aromatic rings. The van der Waals surface area contributed by atoms with Crippen molar-refractivity contribution >= 4 is 23.1 Å². The Labute approximate surface area is 102 Å². The number of nitrogens with zero attached hydrogens (tertiary/aromatic N) is 1. The Morgan fingerprint density at radius 2 is 2.12 bits per heavy atom. The van der Waals surface area contributed by atoms with Gasteiger partial charge in [0, 0.05) is 12.6 Å². The number of thiocarbonyl (C=S) groups is 1. The largest absolute Gasteiger partial charge is 0.392 e. The fourth-order valence-corrected chi connectivity index (χ4v) is 2.99. The predicted molar refractivity (Wildman–Crippen MR) is 68.0 cm³/mol. The lowest BCUT2D eigenvalue weighted by molar-refractivity contribution is -0.136. The van der Waals surface area contributed by atoms with Crippen LogP contribution in [0.1, 0.15) is 39.5 Å². The number of carbonyl (C=O) groups excluding carboxylic acids is 1. The van der Waals surface area contributed by atoms with Crippen molar-refractivity contribution in [3.8, 4) is 0 Å². The van der Waals surface area contributed by atoms with Crippen molar-refractivity contribution in [1.29, 1.82) is 0 Å². The first-order valence-electron chi connectivity index (χ1n) is 6.10. The van der Waals surface area contributed by atoms with Gasteiger partial charge in [0.1, 0.15) is 0 Å². The van der Waals surface area contributed by atoms with E-state index in [9.17, 15) is 4.79 Å². The zero-order chi connectivity index (χ0) is 11.9. The molecule has 3 nitrogen and oxygen atoms in total. The predicted octanol–water partition coefficient (Wildman–Crippen LogP) is 1.70. The van der Waals surface area contributed by atoms with Gasteiger partial charge in [-0.15, -0.1) is 0 Å². The van der Waals surface area contributed by atoms with Crippen molar-refractivity contribution < 1.29 is 4.79 Å². The van der Waals surface area contributed by atoms with Crippen LogP contribution in [0.15, 0.2) is 0 Å². The van der Waals surface area contributed by atoms with Crippen LogP contribution in [0.4, 0.5) is 0 Å². The minimum absolute atomic E-state index is 0.191. The van der Waals surface area contributed by atoms with E-state index >= 15 is 0 Å². The molecule has 0 radical (unpaired) electrons. The fourth-order valence-electron chi connectivity index (χ4n) is 2.70. The molecule has 4 heteroatoms. The van der Waals surface area contributed by atoms with Gasteiger partial charge in [0.05, 0.1) is 10.4 Å². The van der Waals surface area contributed by atoms with E-state index in [0.29, 0.717) is 16.9 Å². The summed E-state index contributed by atoms with van der Waals surface area (Å²) in [6, 6.07) is 0.388. The average molecular weight is 240 g/mol. The smallest absolute Gasteiger partial charge is 0.235 e. The zero-order valence-electron chi connectivity index (χ0n) is 10.0. The summed E-state index contributed by atoms with van der Waals surface area (Å²) in [6.07, 6.45) is 3.93. The number of hydrogen-bond acceptors (Lipinski definition) is 2. The fraction of sp³-hybridized carbons (Fsp3) is 0.833. The molecule has 0 bridgehead atoms. The summed E-state index contributed by atoms with van der Waals surface area (Å²) in [5, 5.41) is 0. The third-order valence-corrected chi connectivity index (χ3v) is 4.35. The van der Waals surface area contributed by atoms with E-state index in [-0.39, 0.29) is 5.91 Å². The first-order chi connectivity index (χ1) is 7.49. The van der Waals surface area contributed by atoms with E-state index in [4.69, 9.17) is 18.0 Å². The Bertz CT molecular complexity index is 323. The van der Waals surface area contributed by atoms with Gasteiger partial charge in [0.25, 0.3) is 0 Å². The summed E-state index contributed by atoms with van der Waals surface area (Å²) < 4.78 is 0. The van der Waals surface area contributed by atoms with Crippen LogP contribution in [0, 0.1) is 11.3 Å². The summed E-state index contributed by atoms with van der Waals surface area (Å²) >= 11 is 5.04. The summed E-state index contributed by atoms with van der Waals surface area (Å²) in [7, 11) is 0. The Morgan fingerprint density at radius 1 is 1.50 bits per heavy atom. The van der Waals surface area contributed by atoms with E-state index in [1.165, 1.54) is 0 Å². The molecule has 0 aromatic heterocycles. The number of amides is 1. The Kier molecular flexibility index (Phi) is 2.95. The van der Waals surface area contributed by atoms with Crippen molar-refractivity contribution in [3.63, 3.8) is 0 Å². The van der Waals surface area contributed by atoms with Gasteiger partial charge in [-0.05, 0) is 31.6 Å². The van der Waals surface area contributed by atoms with Crippen molar-refractivity contribution in [3.05, 3.63) is 0 Å². The molecule has 1 saturated heterocycles. The van der Waals surface area contributed by atoms with Crippen LogP contribution in [0.25, 0.3) is 0 Å². The second kappa shape index (κ2) is 3.99. The molecule has 90 valence electrons. The molecule has 2 rings (SSSR count). The lowest BCUT2D eigenvalue weighted by Gasteiger charge is -2.30. The first-order valence-corrected chi connectivity index (χ1v) is 6.51. The number of hydrogen-bond donors (Lipinski definition) is 1. The highest BCUT2D eigenvalue weighted by molar-refractivity contribution is 7.80. The van der Waals surface area contributed by atoms with E-state index in [1.54, 1.807) is 0 Å². The van der Waals surface area contributed by atoms with Crippen molar-refractivity contribution in [2.75, 3.05) is 6.54 Å². The molecule has 2 aliphatic rings. The maximum atomic E-state index is 12.4. The third kappa shape index (κ3) is 1.73. The van der Waals surface area contributed by atoms with Gasteiger partial charge in [-0.1, -0.05) is 26.1 Å². The lowest BCUT2D eigenvalue weighted by Crippen LogP contribution is -2.46. The van der Waals surface area contributed by atoms with Crippen LogP contribution in [0.5, 0.6) is 0 Å². The molecule has 2 fully saturated rings. The second-order valence-corrected chi connectivity index (χ2v) is 5.84. The molecular weight excluding hydrogens is 220 g/mol. The maximum absolute atomic E-state index is 12.4. The van der Waals surface area contributed by atoms with Crippen LogP contribution in [-0.4, -0.2) is 28.4 Å². The minimum Gasteiger partial charge on any atom is -0.392 e. The topological polar surface area (TPSA) is 46.3 Å². The van der Waals surface area contributed by atoms with Gasteiger partial charge in [-0.3, -0.25) is 4.79 Å². The minimum atomic E-state index is -0.465. The van der Waals surface area contributed by atoms with E-state index in [0.717, 1.165) is 32.2 Å². The van der Waals surface area contributed by atoms with Crippen LogP contribution in [-0.2, 0) is 4.79 Å². The van der Waals surface area contributed by atoms with Gasteiger partial charge in [0.2, 0.25) is 5.91 Å². The Hall–Kier alpha value is -0.640. The van der Waals surface area contributed by atoms with Gasteiger partial charge < -0.3 is 10.6 Å². The number of rotatable bonds is 3. The highest BCUT2D eigenvalue weighted by atomic mass is 32.1. The SMILES string of the molecule is CC(C)C1CCCN1C(=O)C1(C(N)=S)CC1. The van der Waals surface area contributed by atoms with Crippen LogP contribution < -0.4 is 5.73 Å². The average Bonchev–Trinajstić information content (AvgIpc) is 2.88. The van der Waals surface area contributed by atoms with Crippen LogP contribution in [0.2, 0.25) is 0 Å². The lowest BCUT2D eigenvalue weighted by atomic mass is 9.99. The van der Waals surface area contributed by atoms with Gasteiger partial charge in [0.15, 0.2) is 0 Å². The zero-order valence-corrected chi connectivity index (χ0v) is 10.8. The standard InChI is InChI=1S/C12H20N2OS/c1-8(2)9-4-3-7-14(9)11(15)12(5-6-12)10(13)16/h8-9H,3-7H2,1-2H3,(H2,13,16). The summed E-state index contributed by atoms with van der Waals surface area (Å²) in [6.45, 7) is 5.24. The molecule has 1 saturated carbocycles. The maximum Gasteiger partial charge on any atom is 0.235 e. The summed E-state index contributed by atoms with van der Waals surface area (Å²) in [5.41, 5.74) is 5.24. The molecule has 16 heavy (non-hydrogen) atoms. The molecular formula is C12H20N2OS. The van der Waals surface area contributed by atoms with Crippen LogP contribution >= 0.6 is 12.2 Å². The molecule has 1 unspecified atom stereocenters. The summed E-state index contributed by atoms with van der Waals surface area (Å²) in [5.74, 6) is 0.713.